The molecule has 4 rings (SSSR count). The van der Waals surface area contributed by atoms with Gasteiger partial charge in [0.2, 0.25) is 11.6 Å². The Morgan fingerprint density at radius 3 is 1.95 bits per heavy atom. The second-order valence-electron chi connectivity index (χ2n) is 8.60. The molecule has 2 aromatic carbocycles. The summed E-state index contributed by atoms with van der Waals surface area (Å²) in [5.41, 5.74) is 2.19. The number of methoxy groups -OCH3 is 5. The fourth-order valence-corrected chi connectivity index (χ4v) is 4.47. The molecule has 0 N–H and O–H groups in total. The van der Waals surface area contributed by atoms with Gasteiger partial charge in [-0.15, -0.1) is 5.10 Å². The lowest BCUT2D eigenvalue weighted by Gasteiger charge is -2.16. The van der Waals surface area contributed by atoms with Crippen molar-refractivity contribution in [3.63, 3.8) is 0 Å². The molecule has 0 amide bonds. The van der Waals surface area contributed by atoms with Crippen LogP contribution in [0.5, 0.6) is 40.4 Å². The summed E-state index contributed by atoms with van der Waals surface area (Å²) < 4.78 is 35.6. The summed E-state index contributed by atoms with van der Waals surface area (Å²) in [6.45, 7) is 6.23. The van der Waals surface area contributed by atoms with Crippen molar-refractivity contribution in [2.45, 2.75) is 39.5 Å². The van der Waals surface area contributed by atoms with Crippen molar-refractivity contribution in [3.05, 3.63) is 41.9 Å². The van der Waals surface area contributed by atoms with Crippen LogP contribution in [0, 0.1) is 6.92 Å². The Kier molecular flexibility index (Phi) is 8.09. The number of nitrogens with zero attached hydrogens (tertiary/aromatic N) is 4. The Labute approximate surface area is 222 Å². The minimum absolute atomic E-state index is 0.221. The first-order valence-electron chi connectivity index (χ1n) is 12.4. The van der Waals surface area contributed by atoms with Crippen LogP contribution in [-0.2, 0) is 0 Å². The van der Waals surface area contributed by atoms with Gasteiger partial charge in [-0.3, -0.25) is 0 Å². The van der Waals surface area contributed by atoms with Gasteiger partial charge in [-0.05, 0) is 38.0 Å². The third-order valence-corrected chi connectivity index (χ3v) is 6.50. The molecule has 2 heterocycles. The maximum atomic E-state index is 6.40. The van der Waals surface area contributed by atoms with Crippen LogP contribution in [0.25, 0.3) is 16.9 Å². The molecule has 0 fully saturated rings. The van der Waals surface area contributed by atoms with E-state index in [0.717, 1.165) is 29.9 Å². The number of rotatable bonds is 11. The predicted octanol–water partition coefficient (Wildman–Crippen LogP) is 5.84. The molecule has 0 aliphatic carbocycles. The van der Waals surface area contributed by atoms with Crippen LogP contribution in [0.4, 0.5) is 0 Å². The van der Waals surface area contributed by atoms with E-state index in [2.05, 4.69) is 13.8 Å². The Bertz CT molecular complexity index is 1410. The van der Waals surface area contributed by atoms with Crippen molar-refractivity contribution < 1.29 is 28.4 Å². The molecule has 0 aliphatic heterocycles. The van der Waals surface area contributed by atoms with Gasteiger partial charge in [-0.2, -0.15) is 4.98 Å². The Morgan fingerprint density at radius 1 is 0.763 bits per heavy atom. The average molecular weight is 523 g/mol. The largest absolute Gasteiger partial charge is 0.493 e. The molecule has 4 aromatic rings. The topological polar surface area (TPSA) is 98.5 Å². The van der Waals surface area contributed by atoms with Crippen LogP contribution in [0.15, 0.2) is 30.3 Å². The molecule has 0 unspecified atom stereocenters. The molecule has 0 radical (unpaired) electrons. The van der Waals surface area contributed by atoms with E-state index in [4.69, 9.17) is 43.5 Å². The van der Waals surface area contributed by atoms with Gasteiger partial charge in [0.25, 0.3) is 0 Å². The highest BCUT2D eigenvalue weighted by molar-refractivity contribution is 5.67. The first-order valence-corrected chi connectivity index (χ1v) is 12.4. The SMILES string of the molecule is CCC(CC)c1nc(C)c2c(Oc3cc(OC)c(OC)c(OC)c3)nc(-c3ccc(OC)c(OC)c3)nn12. The number of hydrogen-bond donors (Lipinski definition) is 0. The molecule has 2 aromatic heterocycles. The number of hydrogen-bond acceptors (Lipinski definition) is 9. The summed E-state index contributed by atoms with van der Waals surface area (Å²) in [5, 5.41) is 4.91. The normalized spacial score (nSPS) is 11.1. The van der Waals surface area contributed by atoms with Crippen molar-refractivity contribution >= 4 is 5.52 Å². The van der Waals surface area contributed by atoms with Gasteiger partial charge in [-0.25, -0.2) is 9.50 Å². The van der Waals surface area contributed by atoms with E-state index in [-0.39, 0.29) is 5.92 Å². The van der Waals surface area contributed by atoms with E-state index in [1.54, 1.807) is 47.7 Å². The second-order valence-corrected chi connectivity index (χ2v) is 8.60. The van der Waals surface area contributed by atoms with Gasteiger partial charge in [0.05, 0.1) is 41.2 Å². The Balaban J connectivity index is 1.95. The molecule has 10 heteroatoms. The molecule has 0 atom stereocenters. The lowest BCUT2D eigenvalue weighted by atomic mass is 10.0. The molecule has 0 spiro atoms. The van der Waals surface area contributed by atoms with Gasteiger partial charge in [0.1, 0.15) is 11.6 Å². The summed E-state index contributed by atoms with van der Waals surface area (Å²) in [6, 6.07) is 8.99. The average Bonchev–Trinajstić information content (AvgIpc) is 3.28. The summed E-state index contributed by atoms with van der Waals surface area (Å²) in [4.78, 5) is 9.72. The van der Waals surface area contributed by atoms with Gasteiger partial charge < -0.3 is 28.4 Å². The zero-order valence-electron chi connectivity index (χ0n) is 23.1. The molecular formula is C28H34N4O6. The van der Waals surface area contributed by atoms with Crippen LogP contribution < -0.4 is 28.4 Å². The Hall–Kier alpha value is -4.21. The first kappa shape index (κ1) is 26.8. The quantitative estimate of drug-likeness (QED) is 0.241. The van der Waals surface area contributed by atoms with Gasteiger partial charge in [0.15, 0.2) is 34.3 Å². The molecule has 0 bridgehead atoms. The van der Waals surface area contributed by atoms with Crippen LogP contribution >= 0.6 is 0 Å². The van der Waals surface area contributed by atoms with Gasteiger partial charge in [-0.1, -0.05) is 13.8 Å². The third-order valence-electron chi connectivity index (χ3n) is 6.50. The third kappa shape index (κ3) is 4.85. The van der Waals surface area contributed by atoms with Gasteiger partial charge >= 0.3 is 0 Å². The fourth-order valence-electron chi connectivity index (χ4n) is 4.47. The van der Waals surface area contributed by atoms with E-state index in [9.17, 15) is 0 Å². The Morgan fingerprint density at radius 2 is 1.39 bits per heavy atom. The maximum absolute atomic E-state index is 6.40. The van der Waals surface area contributed by atoms with Crippen LogP contribution in [-0.4, -0.2) is 55.1 Å². The van der Waals surface area contributed by atoms with Crippen molar-refractivity contribution in [2.75, 3.05) is 35.5 Å². The maximum Gasteiger partial charge on any atom is 0.249 e. The fraction of sp³-hybridized carbons (Fsp3) is 0.393. The summed E-state index contributed by atoms with van der Waals surface area (Å²) in [7, 11) is 7.86. The number of ether oxygens (including phenoxy) is 6. The lowest BCUT2D eigenvalue weighted by molar-refractivity contribution is 0.320. The molecule has 38 heavy (non-hydrogen) atoms. The number of benzene rings is 2. The summed E-state index contributed by atoms with van der Waals surface area (Å²) >= 11 is 0. The van der Waals surface area contributed by atoms with E-state index >= 15 is 0 Å². The number of aryl methyl sites for hydroxylation is 1. The van der Waals surface area contributed by atoms with Gasteiger partial charge in [0, 0.05) is 23.6 Å². The zero-order valence-corrected chi connectivity index (χ0v) is 23.1. The smallest absolute Gasteiger partial charge is 0.249 e. The van der Waals surface area contributed by atoms with E-state index in [1.165, 1.54) is 0 Å². The van der Waals surface area contributed by atoms with Crippen molar-refractivity contribution in [3.8, 4) is 51.8 Å². The highest BCUT2D eigenvalue weighted by atomic mass is 16.5. The highest BCUT2D eigenvalue weighted by Crippen LogP contribution is 2.43. The predicted molar refractivity (Wildman–Crippen MR) is 144 cm³/mol. The summed E-state index contributed by atoms with van der Waals surface area (Å²) in [5.74, 6) is 4.93. The molecule has 202 valence electrons. The highest BCUT2D eigenvalue weighted by Gasteiger charge is 2.24. The standard InChI is InChI=1S/C28H34N4O6/c1-9-17(10-2)27-29-16(3)24-28(38-19-14-22(35-6)25(37-8)23(15-19)36-7)30-26(31-32(24)27)18-11-12-20(33-4)21(13-18)34-5/h11-15,17H,9-10H2,1-8H3. The molecule has 10 nitrogen and oxygen atoms in total. The number of imidazole rings is 1. The van der Waals surface area contributed by atoms with E-state index < -0.39 is 0 Å². The van der Waals surface area contributed by atoms with Crippen molar-refractivity contribution in [1.29, 1.82) is 0 Å². The summed E-state index contributed by atoms with van der Waals surface area (Å²) in [6.07, 6.45) is 1.85. The van der Waals surface area contributed by atoms with E-state index in [0.29, 0.717) is 51.7 Å². The van der Waals surface area contributed by atoms with Crippen molar-refractivity contribution in [2.24, 2.45) is 0 Å². The number of fused-ring (bicyclic) bond motifs is 1. The minimum atomic E-state index is 0.221. The molecular weight excluding hydrogens is 488 g/mol. The lowest BCUT2D eigenvalue weighted by Crippen LogP contribution is -2.08. The molecule has 0 aliphatic rings. The van der Waals surface area contributed by atoms with Crippen LogP contribution in [0.1, 0.15) is 44.1 Å². The first-order chi connectivity index (χ1) is 18.4. The second kappa shape index (κ2) is 11.5. The minimum Gasteiger partial charge on any atom is -0.493 e. The van der Waals surface area contributed by atoms with E-state index in [1.807, 2.05) is 29.6 Å². The monoisotopic (exact) mass is 522 g/mol. The van der Waals surface area contributed by atoms with Crippen LogP contribution in [0.3, 0.4) is 0 Å². The molecule has 0 saturated carbocycles. The zero-order chi connectivity index (χ0) is 27.4. The van der Waals surface area contributed by atoms with Crippen LogP contribution in [0.2, 0.25) is 0 Å². The van der Waals surface area contributed by atoms with Crippen molar-refractivity contribution in [1.82, 2.24) is 19.6 Å². The number of aromatic nitrogens is 4. The molecule has 0 saturated heterocycles.